The van der Waals surface area contributed by atoms with E-state index < -0.39 is 0 Å². The molecule has 0 atom stereocenters. The zero-order valence-electron chi connectivity index (χ0n) is 6.55. The second-order valence-corrected chi connectivity index (χ2v) is 3.36. The molecule has 2 aliphatic carbocycles. The Morgan fingerprint density at radius 3 is 1.10 bits per heavy atom. The average molecular weight is 142 g/mol. The summed E-state index contributed by atoms with van der Waals surface area (Å²) in [6.45, 7) is 1.83. The van der Waals surface area contributed by atoms with Crippen molar-refractivity contribution in [3.05, 3.63) is 0 Å². The highest BCUT2D eigenvalue weighted by Gasteiger charge is 2.18. The monoisotopic (exact) mass is 142 g/mol. The first-order valence-electron chi connectivity index (χ1n) is 4.27. The van der Waals surface area contributed by atoms with Crippen molar-refractivity contribution < 1.29 is 0 Å². The van der Waals surface area contributed by atoms with Gasteiger partial charge in [-0.05, 0) is 50.6 Å². The van der Waals surface area contributed by atoms with Crippen LogP contribution in [0, 0.1) is 11.8 Å². The van der Waals surface area contributed by atoms with E-state index in [1.807, 2.05) is 0 Å². The Morgan fingerprint density at radius 1 is 0.800 bits per heavy atom. The Hall–Kier alpha value is -0.0800. The smallest absolute Gasteiger partial charge is 0.00489 e. The average Bonchev–Trinajstić information content (AvgIpc) is 2.86. The van der Waals surface area contributed by atoms with Crippen molar-refractivity contribution >= 4 is 0 Å². The molecular weight excluding hydrogens is 124 g/mol. The minimum atomic E-state index is 0.912. The van der Waals surface area contributed by atoms with Crippen LogP contribution in [0.15, 0.2) is 0 Å². The van der Waals surface area contributed by atoms with E-state index in [4.69, 9.17) is 11.5 Å². The Kier molecular flexibility index (Phi) is 3.16. The maximum atomic E-state index is 5.23. The van der Waals surface area contributed by atoms with Crippen molar-refractivity contribution in [3.63, 3.8) is 0 Å². The maximum Gasteiger partial charge on any atom is -0.00489 e. The highest BCUT2D eigenvalue weighted by molar-refractivity contribution is 4.72. The van der Waals surface area contributed by atoms with Gasteiger partial charge in [0.05, 0.1) is 0 Å². The van der Waals surface area contributed by atoms with Crippen LogP contribution in [0.5, 0.6) is 0 Å². The van der Waals surface area contributed by atoms with Crippen LogP contribution < -0.4 is 11.5 Å². The van der Waals surface area contributed by atoms with E-state index in [0.29, 0.717) is 0 Å². The Morgan fingerprint density at radius 2 is 1.10 bits per heavy atom. The summed E-state index contributed by atoms with van der Waals surface area (Å²) in [5, 5.41) is 0. The molecule has 10 heavy (non-hydrogen) atoms. The highest BCUT2D eigenvalue weighted by Crippen LogP contribution is 2.26. The van der Waals surface area contributed by atoms with Gasteiger partial charge in [0.25, 0.3) is 0 Å². The largest absolute Gasteiger partial charge is 0.330 e. The molecule has 0 radical (unpaired) electrons. The fourth-order valence-corrected chi connectivity index (χ4v) is 0.707. The van der Waals surface area contributed by atoms with Crippen molar-refractivity contribution in [1.29, 1.82) is 0 Å². The van der Waals surface area contributed by atoms with Crippen molar-refractivity contribution in [2.45, 2.75) is 25.7 Å². The molecule has 2 rings (SSSR count). The van der Waals surface area contributed by atoms with Gasteiger partial charge in [-0.1, -0.05) is 0 Å². The van der Waals surface area contributed by atoms with Gasteiger partial charge < -0.3 is 11.5 Å². The van der Waals surface area contributed by atoms with E-state index in [1.165, 1.54) is 25.7 Å². The Labute approximate surface area is 63.0 Å². The molecule has 0 aliphatic heterocycles. The fourth-order valence-electron chi connectivity index (χ4n) is 0.707. The molecule has 4 N–H and O–H groups in total. The van der Waals surface area contributed by atoms with Crippen LogP contribution in [0.4, 0.5) is 0 Å². The quantitative estimate of drug-likeness (QED) is 0.596. The van der Waals surface area contributed by atoms with Crippen molar-refractivity contribution in [3.8, 4) is 0 Å². The van der Waals surface area contributed by atoms with E-state index in [1.54, 1.807) is 0 Å². The molecule has 0 saturated heterocycles. The van der Waals surface area contributed by atoms with Gasteiger partial charge in [-0.2, -0.15) is 0 Å². The molecule has 2 fully saturated rings. The van der Waals surface area contributed by atoms with E-state index in [9.17, 15) is 0 Å². The standard InChI is InChI=1S/2C4H9N/c2*5-3-4-1-2-4/h2*4H,1-3,5H2. The first-order valence-corrected chi connectivity index (χ1v) is 4.27. The van der Waals surface area contributed by atoms with Crippen molar-refractivity contribution in [2.24, 2.45) is 23.3 Å². The molecule has 2 nitrogen and oxygen atoms in total. The van der Waals surface area contributed by atoms with Crippen LogP contribution in [-0.4, -0.2) is 13.1 Å². The van der Waals surface area contributed by atoms with Gasteiger partial charge in [0, 0.05) is 0 Å². The summed E-state index contributed by atoms with van der Waals surface area (Å²) < 4.78 is 0. The number of hydrogen-bond acceptors (Lipinski definition) is 2. The lowest BCUT2D eigenvalue weighted by atomic mass is 10.4. The summed E-state index contributed by atoms with van der Waals surface area (Å²) in [7, 11) is 0. The SMILES string of the molecule is NCC1CC1.NCC1CC1. The third kappa shape index (κ3) is 3.85. The molecule has 0 heterocycles. The van der Waals surface area contributed by atoms with Gasteiger partial charge in [0.1, 0.15) is 0 Å². The fraction of sp³-hybridized carbons (Fsp3) is 1.00. The van der Waals surface area contributed by atoms with Crippen molar-refractivity contribution in [1.82, 2.24) is 0 Å². The molecule has 2 aliphatic rings. The molecule has 0 aromatic heterocycles. The topological polar surface area (TPSA) is 52.0 Å². The minimum absolute atomic E-state index is 0.912. The lowest BCUT2D eigenvalue weighted by Gasteiger charge is -1.74. The molecule has 0 unspecified atom stereocenters. The predicted molar refractivity (Wildman–Crippen MR) is 43.6 cm³/mol. The van der Waals surface area contributed by atoms with E-state index >= 15 is 0 Å². The van der Waals surface area contributed by atoms with E-state index in [2.05, 4.69) is 0 Å². The summed E-state index contributed by atoms with van der Waals surface area (Å²) in [5.41, 5.74) is 10.5. The number of hydrogen-bond donors (Lipinski definition) is 2. The summed E-state index contributed by atoms with van der Waals surface area (Å²) in [6, 6.07) is 0. The number of rotatable bonds is 2. The van der Waals surface area contributed by atoms with Crippen LogP contribution in [0.1, 0.15) is 25.7 Å². The Bertz CT molecular complexity index is 73.3. The van der Waals surface area contributed by atoms with Crippen LogP contribution in [0.3, 0.4) is 0 Å². The van der Waals surface area contributed by atoms with Crippen LogP contribution in [0.25, 0.3) is 0 Å². The molecule has 2 saturated carbocycles. The molecule has 0 spiro atoms. The maximum absolute atomic E-state index is 5.23. The molecular formula is C8H18N2. The second-order valence-electron chi connectivity index (χ2n) is 3.36. The summed E-state index contributed by atoms with van der Waals surface area (Å²) in [5.74, 6) is 1.82. The van der Waals surface area contributed by atoms with Gasteiger partial charge >= 0.3 is 0 Å². The molecule has 0 aromatic rings. The third-order valence-electron chi connectivity index (χ3n) is 2.06. The van der Waals surface area contributed by atoms with Gasteiger partial charge in [-0.15, -0.1) is 0 Å². The molecule has 0 aromatic carbocycles. The summed E-state index contributed by atoms with van der Waals surface area (Å²) in [4.78, 5) is 0. The van der Waals surface area contributed by atoms with Crippen LogP contribution >= 0.6 is 0 Å². The van der Waals surface area contributed by atoms with Gasteiger partial charge in [0.15, 0.2) is 0 Å². The third-order valence-corrected chi connectivity index (χ3v) is 2.06. The lowest BCUT2D eigenvalue weighted by molar-refractivity contribution is 0.847. The van der Waals surface area contributed by atoms with E-state index in [-0.39, 0.29) is 0 Å². The van der Waals surface area contributed by atoms with Gasteiger partial charge in [0.2, 0.25) is 0 Å². The molecule has 0 amide bonds. The number of nitrogens with two attached hydrogens (primary N) is 2. The van der Waals surface area contributed by atoms with Gasteiger partial charge in [-0.25, -0.2) is 0 Å². The van der Waals surface area contributed by atoms with Gasteiger partial charge in [-0.3, -0.25) is 0 Å². The predicted octanol–water partition coefficient (Wildman–Crippen LogP) is 0.710. The minimum Gasteiger partial charge on any atom is -0.330 e. The molecule has 0 bridgehead atoms. The summed E-state index contributed by atoms with van der Waals surface area (Å²) >= 11 is 0. The molecule has 2 heteroatoms. The molecule has 60 valence electrons. The normalized spacial score (nSPS) is 23.4. The second kappa shape index (κ2) is 3.94. The summed E-state index contributed by atoms with van der Waals surface area (Å²) in [6.07, 6.45) is 5.54. The highest BCUT2D eigenvalue weighted by atomic mass is 14.6. The van der Waals surface area contributed by atoms with Crippen molar-refractivity contribution in [2.75, 3.05) is 13.1 Å². The van der Waals surface area contributed by atoms with Crippen LogP contribution in [0.2, 0.25) is 0 Å². The zero-order valence-corrected chi connectivity index (χ0v) is 6.55. The zero-order chi connectivity index (χ0) is 7.40. The van der Waals surface area contributed by atoms with Crippen LogP contribution in [-0.2, 0) is 0 Å². The van der Waals surface area contributed by atoms with E-state index in [0.717, 1.165) is 24.9 Å². The first kappa shape index (κ1) is 8.02. The first-order chi connectivity index (χ1) is 4.86. The Balaban J connectivity index is 0.0000001000. The lowest BCUT2D eigenvalue weighted by Crippen LogP contribution is -1.98.